The molecule has 104 valence electrons. The number of benzene rings is 1. The Morgan fingerprint density at radius 1 is 1.45 bits per heavy atom. The van der Waals surface area contributed by atoms with Gasteiger partial charge < -0.3 is 15.4 Å². The maximum Gasteiger partial charge on any atom is 0.354 e. The van der Waals surface area contributed by atoms with E-state index in [1.54, 1.807) is 0 Å². The molecule has 2 rings (SSSR count). The fourth-order valence-corrected chi connectivity index (χ4v) is 2.17. The largest absolute Gasteiger partial charge is 0.477 e. The summed E-state index contributed by atoms with van der Waals surface area (Å²) in [6, 6.07) is 7.23. The lowest BCUT2D eigenvalue weighted by Crippen LogP contribution is -2.28. The summed E-state index contributed by atoms with van der Waals surface area (Å²) in [6.07, 6.45) is 1.18. The minimum absolute atomic E-state index is 0.126. The van der Waals surface area contributed by atoms with E-state index in [-0.39, 0.29) is 17.4 Å². The molecule has 2 aromatic rings. The fourth-order valence-electron chi connectivity index (χ4n) is 1.75. The van der Waals surface area contributed by atoms with Gasteiger partial charge >= 0.3 is 5.97 Å². The molecule has 0 aliphatic carbocycles. The zero-order valence-corrected chi connectivity index (χ0v) is 12.1. The number of aromatic nitrogens is 2. The molecule has 1 atom stereocenters. The Hall–Kier alpha value is -2.15. The van der Waals surface area contributed by atoms with Crippen molar-refractivity contribution in [1.82, 2.24) is 15.3 Å². The molecule has 0 aliphatic rings. The summed E-state index contributed by atoms with van der Waals surface area (Å²) >= 11 is 3.36. The Balaban J connectivity index is 2.15. The number of H-pyrrole nitrogens is 1. The number of aromatic amines is 1. The van der Waals surface area contributed by atoms with E-state index >= 15 is 0 Å². The van der Waals surface area contributed by atoms with E-state index in [0.29, 0.717) is 0 Å². The number of nitrogens with one attached hydrogen (secondary N) is 2. The fraction of sp³-hybridized carbons (Fsp3) is 0.154. The minimum atomic E-state index is -1.22. The molecule has 20 heavy (non-hydrogen) atoms. The van der Waals surface area contributed by atoms with Crippen LogP contribution in [0, 0.1) is 0 Å². The Morgan fingerprint density at radius 3 is 2.85 bits per heavy atom. The first-order valence-corrected chi connectivity index (χ1v) is 6.61. The van der Waals surface area contributed by atoms with Crippen molar-refractivity contribution in [2.75, 3.05) is 0 Å². The Kier molecular flexibility index (Phi) is 4.19. The van der Waals surface area contributed by atoms with Crippen molar-refractivity contribution in [3.05, 3.63) is 52.0 Å². The van der Waals surface area contributed by atoms with Gasteiger partial charge in [-0.1, -0.05) is 28.1 Å². The van der Waals surface area contributed by atoms with Gasteiger partial charge in [0.2, 0.25) is 0 Å². The van der Waals surface area contributed by atoms with E-state index in [1.807, 2.05) is 31.2 Å². The molecule has 0 spiro atoms. The number of halogens is 1. The van der Waals surface area contributed by atoms with E-state index in [2.05, 4.69) is 31.2 Å². The maximum atomic E-state index is 12.0. The third-order valence-electron chi connectivity index (χ3n) is 2.76. The van der Waals surface area contributed by atoms with Crippen molar-refractivity contribution < 1.29 is 14.7 Å². The SMILES string of the molecule is C[C@H](NC(=O)c1nc[nH]c1C(=O)O)c1cccc(Br)c1. The second-order valence-electron chi connectivity index (χ2n) is 4.18. The van der Waals surface area contributed by atoms with Crippen LogP contribution in [0.4, 0.5) is 0 Å². The van der Waals surface area contributed by atoms with Crippen molar-refractivity contribution >= 4 is 27.8 Å². The van der Waals surface area contributed by atoms with Gasteiger partial charge in [-0.05, 0) is 24.6 Å². The quantitative estimate of drug-likeness (QED) is 0.798. The first kappa shape index (κ1) is 14.3. The highest BCUT2D eigenvalue weighted by Crippen LogP contribution is 2.18. The van der Waals surface area contributed by atoms with Gasteiger partial charge in [0.1, 0.15) is 0 Å². The van der Waals surface area contributed by atoms with Crippen LogP contribution < -0.4 is 5.32 Å². The number of carbonyl (C=O) groups is 2. The molecule has 1 heterocycles. The van der Waals surface area contributed by atoms with Gasteiger partial charge in [0, 0.05) is 4.47 Å². The predicted molar refractivity (Wildman–Crippen MR) is 75.6 cm³/mol. The summed E-state index contributed by atoms with van der Waals surface area (Å²) in [5, 5.41) is 11.6. The highest BCUT2D eigenvalue weighted by Gasteiger charge is 2.21. The van der Waals surface area contributed by atoms with Crippen LogP contribution in [0.15, 0.2) is 35.1 Å². The highest BCUT2D eigenvalue weighted by atomic mass is 79.9. The lowest BCUT2D eigenvalue weighted by molar-refractivity contribution is 0.0684. The number of carboxylic acid groups (broad SMARTS) is 1. The molecule has 6 nitrogen and oxygen atoms in total. The Labute approximate surface area is 123 Å². The third-order valence-corrected chi connectivity index (χ3v) is 3.26. The average Bonchev–Trinajstić information content (AvgIpc) is 2.88. The van der Waals surface area contributed by atoms with E-state index in [9.17, 15) is 9.59 Å². The number of hydrogen-bond acceptors (Lipinski definition) is 3. The smallest absolute Gasteiger partial charge is 0.354 e. The Morgan fingerprint density at radius 2 is 2.20 bits per heavy atom. The van der Waals surface area contributed by atoms with Gasteiger partial charge in [-0.15, -0.1) is 0 Å². The predicted octanol–water partition coefficient (Wildman–Crippen LogP) is 2.36. The molecule has 0 fully saturated rings. The topological polar surface area (TPSA) is 95.1 Å². The summed E-state index contributed by atoms with van der Waals surface area (Å²) in [4.78, 5) is 29.1. The molecule has 0 radical (unpaired) electrons. The monoisotopic (exact) mass is 337 g/mol. The van der Waals surface area contributed by atoms with Gasteiger partial charge in [0.15, 0.2) is 11.4 Å². The normalized spacial score (nSPS) is 11.9. The molecule has 7 heteroatoms. The number of aromatic carboxylic acids is 1. The number of rotatable bonds is 4. The van der Waals surface area contributed by atoms with Crippen LogP contribution in [0.2, 0.25) is 0 Å². The minimum Gasteiger partial charge on any atom is -0.477 e. The van der Waals surface area contributed by atoms with E-state index in [1.165, 1.54) is 6.33 Å². The number of imidazole rings is 1. The maximum absolute atomic E-state index is 12.0. The molecule has 1 aromatic heterocycles. The molecule has 0 saturated heterocycles. The summed E-state index contributed by atoms with van der Waals surface area (Å²) in [7, 11) is 0. The van der Waals surface area contributed by atoms with Crippen molar-refractivity contribution in [2.24, 2.45) is 0 Å². The van der Waals surface area contributed by atoms with Gasteiger partial charge in [-0.3, -0.25) is 4.79 Å². The van der Waals surface area contributed by atoms with Crippen LogP contribution in [0.3, 0.4) is 0 Å². The highest BCUT2D eigenvalue weighted by molar-refractivity contribution is 9.10. The van der Waals surface area contributed by atoms with Gasteiger partial charge in [0.05, 0.1) is 12.4 Å². The van der Waals surface area contributed by atoms with Crippen molar-refractivity contribution in [3.63, 3.8) is 0 Å². The summed E-state index contributed by atoms with van der Waals surface area (Å²) in [5.74, 6) is -1.75. The molecule has 0 saturated carbocycles. The molecule has 3 N–H and O–H groups in total. The number of amides is 1. The molecular formula is C13H12BrN3O3. The first-order chi connectivity index (χ1) is 9.49. The van der Waals surface area contributed by atoms with Crippen LogP contribution >= 0.6 is 15.9 Å². The number of carbonyl (C=O) groups excluding carboxylic acids is 1. The number of carboxylic acids is 1. The second-order valence-corrected chi connectivity index (χ2v) is 5.10. The van der Waals surface area contributed by atoms with Crippen LogP contribution in [-0.4, -0.2) is 27.0 Å². The average molecular weight is 338 g/mol. The van der Waals surface area contributed by atoms with Gasteiger partial charge in [-0.2, -0.15) is 0 Å². The molecule has 1 aromatic carbocycles. The zero-order valence-electron chi connectivity index (χ0n) is 10.6. The van der Waals surface area contributed by atoms with E-state index in [4.69, 9.17) is 5.11 Å². The third kappa shape index (κ3) is 3.05. The molecule has 1 amide bonds. The second kappa shape index (κ2) is 5.87. The van der Waals surface area contributed by atoms with E-state index in [0.717, 1.165) is 10.0 Å². The van der Waals surface area contributed by atoms with Gasteiger partial charge in [-0.25, -0.2) is 9.78 Å². The van der Waals surface area contributed by atoms with Crippen LogP contribution in [0.1, 0.15) is 39.5 Å². The lowest BCUT2D eigenvalue weighted by Gasteiger charge is -2.14. The summed E-state index contributed by atoms with van der Waals surface area (Å²) in [6.45, 7) is 1.81. The van der Waals surface area contributed by atoms with Crippen LogP contribution in [0.5, 0.6) is 0 Å². The Bertz CT molecular complexity index is 654. The standard InChI is InChI=1S/C13H12BrN3O3/c1-7(8-3-2-4-9(14)5-8)17-12(18)10-11(13(19)20)16-6-15-10/h2-7H,1H3,(H,15,16)(H,17,18)(H,19,20)/t7-/m0/s1. The number of nitrogens with zero attached hydrogens (tertiary/aromatic N) is 1. The molecule has 0 unspecified atom stereocenters. The van der Waals surface area contributed by atoms with Crippen molar-refractivity contribution in [3.8, 4) is 0 Å². The van der Waals surface area contributed by atoms with Crippen molar-refractivity contribution in [1.29, 1.82) is 0 Å². The first-order valence-electron chi connectivity index (χ1n) is 5.82. The van der Waals surface area contributed by atoms with Crippen LogP contribution in [-0.2, 0) is 0 Å². The summed E-state index contributed by atoms with van der Waals surface area (Å²) in [5.41, 5.74) is 0.559. The van der Waals surface area contributed by atoms with Crippen LogP contribution in [0.25, 0.3) is 0 Å². The molecular weight excluding hydrogens is 326 g/mol. The van der Waals surface area contributed by atoms with Crippen molar-refractivity contribution in [2.45, 2.75) is 13.0 Å². The van der Waals surface area contributed by atoms with E-state index < -0.39 is 11.9 Å². The number of hydrogen-bond donors (Lipinski definition) is 3. The van der Waals surface area contributed by atoms with Gasteiger partial charge in [0.25, 0.3) is 5.91 Å². The zero-order chi connectivity index (χ0) is 14.7. The lowest BCUT2D eigenvalue weighted by atomic mass is 10.1. The molecule has 0 aliphatic heterocycles. The summed E-state index contributed by atoms with van der Waals surface area (Å²) < 4.78 is 0.905. The molecule has 0 bridgehead atoms.